The van der Waals surface area contributed by atoms with Crippen LogP contribution in [0.3, 0.4) is 0 Å². The molecule has 0 aliphatic heterocycles. The molecular formula is C30H20F3N3S. The molecule has 0 saturated carbocycles. The molecule has 3 aromatic carbocycles. The highest BCUT2D eigenvalue weighted by Crippen LogP contribution is 2.37. The molecule has 0 saturated heterocycles. The maximum absolute atomic E-state index is 13.1. The highest BCUT2D eigenvalue weighted by atomic mass is 32.2. The van der Waals surface area contributed by atoms with Crippen LogP contribution in [0.2, 0.25) is 0 Å². The Balaban J connectivity index is 1.44. The average Bonchev–Trinajstić information content (AvgIpc) is 3.22. The van der Waals surface area contributed by atoms with Gasteiger partial charge >= 0.3 is 6.18 Å². The summed E-state index contributed by atoms with van der Waals surface area (Å²) in [5.41, 5.74) is 4.50. The van der Waals surface area contributed by atoms with Gasteiger partial charge in [-0.1, -0.05) is 54.2 Å². The summed E-state index contributed by atoms with van der Waals surface area (Å²) in [5.74, 6) is 0.850. The number of nitrogens with zero attached hydrogens (tertiary/aromatic N) is 3. The second-order valence-corrected chi connectivity index (χ2v) is 9.88. The predicted octanol–water partition coefficient (Wildman–Crippen LogP) is 8.72. The van der Waals surface area contributed by atoms with Gasteiger partial charge in [-0.25, -0.2) is 9.97 Å². The van der Waals surface area contributed by atoms with E-state index in [0.717, 1.165) is 61.3 Å². The number of pyridine rings is 2. The van der Waals surface area contributed by atoms with Gasteiger partial charge in [0.05, 0.1) is 16.6 Å². The van der Waals surface area contributed by atoms with E-state index in [4.69, 9.17) is 0 Å². The number of rotatable bonds is 4. The molecule has 0 N–H and O–H groups in total. The maximum atomic E-state index is 13.1. The van der Waals surface area contributed by atoms with E-state index in [-0.39, 0.29) is 0 Å². The summed E-state index contributed by atoms with van der Waals surface area (Å²) in [5, 5.41) is 2.57. The van der Waals surface area contributed by atoms with Crippen molar-refractivity contribution in [3.63, 3.8) is 0 Å². The number of aromatic nitrogens is 3. The minimum Gasteiger partial charge on any atom is -0.294 e. The number of aryl methyl sites for hydroxylation is 1. The van der Waals surface area contributed by atoms with Crippen molar-refractivity contribution in [3.8, 4) is 16.9 Å². The van der Waals surface area contributed by atoms with Gasteiger partial charge in [0.1, 0.15) is 10.8 Å². The highest BCUT2D eigenvalue weighted by molar-refractivity contribution is 7.99. The Morgan fingerprint density at radius 1 is 0.703 bits per heavy atom. The Hall–Kier alpha value is -4.10. The van der Waals surface area contributed by atoms with E-state index in [0.29, 0.717) is 5.03 Å². The van der Waals surface area contributed by atoms with Gasteiger partial charge in [-0.2, -0.15) is 13.2 Å². The van der Waals surface area contributed by atoms with E-state index in [1.54, 1.807) is 0 Å². The number of benzene rings is 3. The molecule has 0 atom stereocenters. The van der Waals surface area contributed by atoms with Crippen molar-refractivity contribution in [2.75, 3.05) is 0 Å². The molecule has 6 rings (SSSR count). The van der Waals surface area contributed by atoms with Crippen molar-refractivity contribution in [1.82, 2.24) is 14.5 Å². The summed E-state index contributed by atoms with van der Waals surface area (Å²) in [6.45, 7) is 2.05. The van der Waals surface area contributed by atoms with Crippen LogP contribution in [0.4, 0.5) is 13.2 Å². The van der Waals surface area contributed by atoms with Crippen LogP contribution in [0.5, 0.6) is 0 Å². The number of alkyl halides is 3. The SMILES string of the molecule is Cc1ccnc(-n2c3ccccc3c3ccc(-c4cccc(Sc5cc(C(F)(F)F)ccn5)c4)cc32)c1. The Bertz CT molecular complexity index is 1770. The quantitative estimate of drug-likeness (QED) is 0.237. The van der Waals surface area contributed by atoms with Crippen LogP contribution in [-0.4, -0.2) is 14.5 Å². The van der Waals surface area contributed by atoms with Crippen molar-refractivity contribution < 1.29 is 13.2 Å². The van der Waals surface area contributed by atoms with Crippen LogP contribution in [0, 0.1) is 6.92 Å². The third-order valence-electron chi connectivity index (χ3n) is 6.26. The normalized spacial score (nSPS) is 11.9. The van der Waals surface area contributed by atoms with E-state index >= 15 is 0 Å². The van der Waals surface area contributed by atoms with E-state index in [1.165, 1.54) is 18.0 Å². The van der Waals surface area contributed by atoms with Crippen LogP contribution in [-0.2, 0) is 6.18 Å². The molecule has 37 heavy (non-hydrogen) atoms. The predicted molar refractivity (Wildman–Crippen MR) is 142 cm³/mol. The fourth-order valence-corrected chi connectivity index (χ4v) is 5.41. The van der Waals surface area contributed by atoms with Crippen molar-refractivity contribution in [2.24, 2.45) is 0 Å². The maximum Gasteiger partial charge on any atom is 0.416 e. The Labute approximate surface area is 215 Å². The molecule has 0 bridgehead atoms. The van der Waals surface area contributed by atoms with Gasteiger partial charge in [0, 0.05) is 28.1 Å². The van der Waals surface area contributed by atoms with E-state index in [2.05, 4.69) is 50.9 Å². The van der Waals surface area contributed by atoms with Crippen molar-refractivity contribution >= 4 is 33.6 Å². The molecule has 7 heteroatoms. The van der Waals surface area contributed by atoms with E-state index in [1.807, 2.05) is 55.6 Å². The fraction of sp³-hybridized carbons (Fsp3) is 0.0667. The number of para-hydroxylation sites is 1. The molecule has 0 aliphatic carbocycles. The van der Waals surface area contributed by atoms with Crippen LogP contribution in [0.25, 0.3) is 38.8 Å². The van der Waals surface area contributed by atoms with Crippen LogP contribution in [0.15, 0.2) is 113 Å². The molecule has 3 nitrogen and oxygen atoms in total. The first kappa shape index (κ1) is 23.3. The largest absolute Gasteiger partial charge is 0.416 e. The van der Waals surface area contributed by atoms with E-state index < -0.39 is 11.7 Å². The van der Waals surface area contributed by atoms with Crippen molar-refractivity contribution in [1.29, 1.82) is 0 Å². The van der Waals surface area contributed by atoms with E-state index in [9.17, 15) is 13.2 Å². The Kier molecular flexibility index (Phi) is 5.72. The first-order valence-corrected chi connectivity index (χ1v) is 12.5. The van der Waals surface area contributed by atoms with Gasteiger partial charge < -0.3 is 0 Å². The smallest absolute Gasteiger partial charge is 0.294 e. The summed E-state index contributed by atoms with van der Waals surface area (Å²) in [6.07, 6.45) is -1.39. The third-order valence-corrected chi connectivity index (χ3v) is 7.18. The minimum atomic E-state index is -4.40. The summed E-state index contributed by atoms with van der Waals surface area (Å²) in [6, 6.07) is 28.5. The molecule has 0 radical (unpaired) electrons. The summed E-state index contributed by atoms with van der Waals surface area (Å²) >= 11 is 1.21. The topological polar surface area (TPSA) is 30.7 Å². The Morgan fingerprint density at radius 3 is 2.32 bits per heavy atom. The fourth-order valence-electron chi connectivity index (χ4n) is 4.54. The summed E-state index contributed by atoms with van der Waals surface area (Å²) < 4.78 is 41.6. The summed E-state index contributed by atoms with van der Waals surface area (Å²) in [4.78, 5) is 9.57. The van der Waals surface area contributed by atoms with Gasteiger partial charge in [-0.3, -0.25) is 4.57 Å². The number of halogens is 3. The first-order chi connectivity index (χ1) is 17.9. The molecule has 6 aromatic rings. The zero-order valence-corrected chi connectivity index (χ0v) is 20.5. The standard InChI is InChI=1S/C30H20F3N3S/c1-19-11-13-34-28(15-19)36-26-8-3-2-7-24(26)25-10-9-21(17-27(25)36)20-5-4-6-23(16-20)37-29-18-22(12-14-35-29)30(31,32)33/h2-18H,1H3. The Morgan fingerprint density at radius 2 is 1.49 bits per heavy atom. The third kappa shape index (κ3) is 4.47. The lowest BCUT2D eigenvalue weighted by Gasteiger charge is -2.10. The minimum absolute atomic E-state index is 0.299. The molecule has 0 unspecified atom stereocenters. The molecular weight excluding hydrogens is 491 g/mol. The zero-order valence-electron chi connectivity index (χ0n) is 19.7. The van der Waals surface area contributed by atoms with Crippen LogP contribution in [0.1, 0.15) is 11.1 Å². The second-order valence-electron chi connectivity index (χ2n) is 8.79. The molecule has 0 aliphatic rings. The van der Waals surface area contributed by atoms with Gasteiger partial charge in [-0.05, 0) is 72.1 Å². The molecule has 3 heterocycles. The zero-order chi connectivity index (χ0) is 25.6. The van der Waals surface area contributed by atoms with Crippen molar-refractivity contribution in [2.45, 2.75) is 23.0 Å². The number of hydrogen-bond acceptors (Lipinski definition) is 3. The molecule has 3 aromatic heterocycles. The monoisotopic (exact) mass is 511 g/mol. The molecule has 0 fully saturated rings. The number of hydrogen-bond donors (Lipinski definition) is 0. The van der Waals surface area contributed by atoms with Gasteiger partial charge in [0.15, 0.2) is 0 Å². The first-order valence-electron chi connectivity index (χ1n) is 11.6. The molecule has 182 valence electrons. The molecule has 0 spiro atoms. The highest BCUT2D eigenvalue weighted by Gasteiger charge is 2.30. The van der Waals surface area contributed by atoms with Gasteiger partial charge in [0.25, 0.3) is 0 Å². The van der Waals surface area contributed by atoms with Gasteiger partial charge in [-0.15, -0.1) is 0 Å². The van der Waals surface area contributed by atoms with Crippen LogP contribution >= 0.6 is 11.8 Å². The lowest BCUT2D eigenvalue weighted by molar-refractivity contribution is -0.137. The summed E-state index contributed by atoms with van der Waals surface area (Å²) in [7, 11) is 0. The molecule has 0 amide bonds. The lowest BCUT2D eigenvalue weighted by atomic mass is 10.0. The van der Waals surface area contributed by atoms with Crippen molar-refractivity contribution in [3.05, 3.63) is 115 Å². The number of fused-ring (bicyclic) bond motifs is 3. The lowest BCUT2D eigenvalue weighted by Crippen LogP contribution is -2.04. The van der Waals surface area contributed by atoms with Crippen LogP contribution < -0.4 is 0 Å². The van der Waals surface area contributed by atoms with Gasteiger partial charge in [0.2, 0.25) is 0 Å². The second kappa shape index (κ2) is 9.09. The average molecular weight is 512 g/mol.